The average molecular weight is 346 g/mol. The van der Waals surface area contributed by atoms with E-state index in [1.165, 1.54) is 19.3 Å². The minimum Gasteiger partial charge on any atom is -0.380 e. The van der Waals surface area contributed by atoms with Crippen LogP contribution in [0.3, 0.4) is 0 Å². The van der Waals surface area contributed by atoms with Crippen LogP contribution in [-0.4, -0.2) is 28.3 Å². The first kappa shape index (κ1) is 14.9. The summed E-state index contributed by atoms with van der Waals surface area (Å²) in [6.45, 7) is 1.58. The Hall–Kier alpha value is -0.490. The second-order valence-corrected chi connectivity index (χ2v) is 6.76. The van der Waals surface area contributed by atoms with Gasteiger partial charge in [-0.05, 0) is 53.1 Å². The molecule has 0 atom stereocenters. The molecule has 6 heteroatoms. The molecule has 19 heavy (non-hydrogen) atoms. The Kier molecular flexibility index (Phi) is 5.76. The van der Waals surface area contributed by atoms with Crippen LogP contribution in [-0.2, 0) is 6.54 Å². The molecule has 1 aliphatic rings. The van der Waals surface area contributed by atoms with Crippen molar-refractivity contribution >= 4 is 33.4 Å². The first-order valence-corrected chi connectivity index (χ1v) is 8.89. The molecule has 1 fully saturated rings. The first-order valence-electron chi connectivity index (χ1n) is 6.71. The van der Waals surface area contributed by atoms with Crippen molar-refractivity contribution in [2.24, 2.45) is 5.92 Å². The van der Waals surface area contributed by atoms with Crippen molar-refractivity contribution in [3.8, 4) is 0 Å². The van der Waals surface area contributed by atoms with Gasteiger partial charge in [0, 0.05) is 13.1 Å². The van der Waals surface area contributed by atoms with E-state index >= 15 is 0 Å². The molecular weight excluding hydrogens is 326 g/mol. The van der Waals surface area contributed by atoms with Crippen molar-refractivity contribution in [1.29, 1.82) is 0 Å². The van der Waals surface area contributed by atoms with Crippen LogP contribution in [0.15, 0.2) is 15.5 Å². The first-order chi connectivity index (χ1) is 9.22. The zero-order chi connectivity index (χ0) is 13.7. The van der Waals surface area contributed by atoms with E-state index in [1.807, 2.05) is 11.8 Å². The van der Waals surface area contributed by atoms with Crippen molar-refractivity contribution < 1.29 is 0 Å². The minimum absolute atomic E-state index is 0.00886. The van der Waals surface area contributed by atoms with Crippen LogP contribution in [0.4, 0.5) is 5.69 Å². The van der Waals surface area contributed by atoms with E-state index in [2.05, 4.69) is 32.6 Å². The fraction of sp³-hybridized carbons (Fsp3) is 0.692. The summed E-state index contributed by atoms with van der Waals surface area (Å²) >= 11 is 5.22. The van der Waals surface area contributed by atoms with E-state index in [1.54, 1.807) is 10.9 Å². The zero-order valence-electron chi connectivity index (χ0n) is 11.2. The van der Waals surface area contributed by atoms with Crippen molar-refractivity contribution in [2.45, 2.75) is 32.2 Å². The maximum Gasteiger partial charge on any atom is 0.291 e. The molecule has 0 amide bonds. The summed E-state index contributed by atoms with van der Waals surface area (Å²) in [6, 6.07) is 0. The second kappa shape index (κ2) is 7.33. The molecule has 1 aromatic rings. The van der Waals surface area contributed by atoms with E-state index in [0.29, 0.717) is 11.6 Å². The largest absolute Gasteiger partial charge is 0.380 e. The normalized spacial score (nSPS) is 15.3. The van der Waals surface area contributed by atoms with Crippen LogP contribution >= 0.6 is 27.7 Å². The summed E-state index contributed by atoms with van der Waals surface area (Å²) in [6.07, 6.45) is 8.60. The molecule has 0 radical (unpaired) electrons. The molecule has 1 aromatic heterocycles. The van der Waals surface area contributed by atoms with E-state index in [0.717, 1.165) is 29.7 Å². The number of thioether (sulfide) groups is 1. The molecular formula is C13H20BrN3OS. The maximum atomic E-state index is 12.3. The smallest absolute Gasteiger partial charge is 0.291 e. The molecule has 0 aliphatic heterocycles. The van der Waals surface area contributed by atoms with Gasteiger partial charge in [-0.1, -0.05) is 6.42 Å². The van der Waals surface area contributed by atoms with Crippen LogP contribution in [0.2, 0.25) is 0 Å². The van der Waals surface area contributed by atoms with Crippen LogP contribution in [0.1, 0.15) is 25.7 Å². The van der Waals surface area contributed by atoms with E-state index in [9.17, 15) is 4.79 Å². The lowest BCUT2D eigenvalue weighted by atomic mass is 9.85. The van der Waals surface area contributed by atoms with Crippen molar-refractivity contribution in [3.63, 3.8) is 0 Å². The van der Waals surface area contributed by atoms with Crippen LogP contribution in [0.5, 0.6) is 0 Å². The Morgan fingerprint density at radius 2 is 2.37 bits per heavy atom. The fourth-order valence-corrected chi connectivity index (χ4v) is 2.94. The Balaban J connectivity index is 2.03. The monoisotopic (exact) mass is 345 g/mol. The molecule has 0 saturated heterocycles. The number of nitrogens with one attached hydrogen (secondary N) is 1. The Morgan fingerprint density at radius 1 is 1.58 bits per heavy atom. The number of anilines is 1. The Morgan fingerprint density at radius 3 is 3.00 bits per heavy atom. The van der Waals surface area contributed by atoms with Crippen molar-refractivity contribution in [1.82, 2.24) is 9.78 Å². The number of hydrogen-bond acceptors (Lipinski definition) is 4. The summed E-state index contributed by atoms with van der Waals surface area (Å²) in [7, 11) is 0. The second-order valence-electron chi connectivity index (χ2n) is 4.92. The van der Waals surface area contributed by atoms with E-state index in [4.69, 9.17) is 0 Å². The van der Waals surface area contributed by atoms with Crippen molar-refractivity contribution in [2.75, 3.05) is 23.9 Å². The SMILES string of the molecule is CSCCCNc1c(Br)cnn(CC2CCC2)c1=O. The molecule has 106 valence electrons. The Labute approximate surface area is 126 Å². The van der Waals surface area contributed by atoms with Gasteiger partial charge in [0.2, 0.25) is 0 Å². The maximum absolute atomic E-state index is 12.3. The van der Waals surface area contributed by atoms with Gasteiger partial charge in [-0.15, -0.1) is 0 Å². The highest BCUT2D eigenvalue weighted by Gasteiger charge is 2.20. The third kappa shape index (κ3) is 3.99. The van der Waals surface area contributed by atoms with Gasteiger partial charge in [-0.3, -0.25) is 4.79 Å². The molecule has 0 unspecified atom stereocenters. The number of rotatable bonds is 7. The predicted molar refractivity (Wildman–Crippen MR) is 85.0 cm³/mol. The van der Waals surface area contributed by atoms with Gasteiger partial charge in [-0.2, -0.15) is 16.9 Å². The quantitative estimate of drug-likeness (QED) is 0.771. The van der Waals surface area contributed by atoms with Gasteiger partial charge < -0.3 is 5.32 Å². The number of nitrogens with zero attached hydrogens (tertiary/aromatic N) is 2. The van der Waals surface area contributed by atoms with Crippen molar-refractivity contribution in [3.05, 3.63) is 21.0 Å². The van der Waals surface area contributed by atoms with Gasteiger partial charge in [0.1, 0.15) is 5.69 Å². The molecule has 4 nitrogen and oxygen atoms in total. The predicted octanol–water partition coefficient (Wildman–Crippen LogP) is 2.97. The molecule has 0 bridgehead atoms. The summed E-state index contributed by atoms with van der Waals surface area (Å²) in [5.74, 6) is 1.74. The lowest BCUT2D eigenvalue weighted by molar-refractivity contribution is 0.262. The van der Waals surface area contributed by atoms with Crippen LogP contribution < -0.4 is 10.9 Å². The van der Waals surface area contributed by atoms with Gasteiger partial charge >= 0.3 is 0 Å². The topological polar surface area (TPSA) is 46.9 Å². The standard InChI is InChI=1S/C13H20BrN3OS/c1-19-7-3-6-15-12-11(14)8-16-17(13(12)18)9-10-4-2-5-10/h8,10,15H,2-7,9H2,1H3. The molecule has 1 N–H and O–H groups in total. The third-order valence-electron chi connectivity index (χ3n) is 3.48. The van der Waals surface area contributed by atoms with Crippen LogP contribution in [0.25, 0.3) is 0 Å². The molecule has 1 saturated carbocycles. The molecule has 1 aliphatic carbocycles. The van der Waals surface area contributed by atoms with Crippen LogP contribution in [0, 0.1) is 5.92 Å². The van der Waals surface area contributed by atoms with Gasteiger partial charge in [0.05, 0.1) is 10.7 Å². The lowest BCUT2D eigenvalue weighted by Crippen LogP contribution is -2.31. The molecule has 0 spiro atoms. The van der Waals surface area contributed by atoms with E-state index < -0.39 is 0 Å². The van der Waals surface area contributed by atoms with Gasteiger partial charge in [-0.25, -0.2) is 4.68 Å². The summed E-state index contributed by atoms with van der Waals surface area (Å²) in [5.41, 5.74) is 0.640. The fourth-order valence-electron chi connectivity index (χ4n) is 2.11. The highest BCUT2D eigenvalue weighted by molar-refractivity contribution is 9.10. The van der Waals surface area contributed by atoms with E-state index in [-0.39, 0.29) is 5.56 Å². The number of hydrogen-bond donors (Lipinski definition) is 1. The number of aromatic nitrogens is 2. The summed E-state index contributed by atoms with van der Waals surface area (Å²) < 4.78 is 2.36. The molecule has 0 aromatic carbocycles. The highest BCUT2D eigenvalue weighted by atomic mass is 79.9. The summed E-state index contributed by atoms with van der Waals surface area (Å²) in [5, 5.41) is 7.45. The summed E-state index contributed by atoms with van der Waals surface area (Å²) in [4.78, 5) is 12.3. The van der Waals surface area contributed by atoms with Gasteiger partial charge in [0.15, 0.2) is 0 Å². The molecule has 1 heterocycles. The van der Waals surface area contributed by atoms with Gasteiger partial charge in [0.25, 0.3) is 5.56 Å². The lowest BCUT2D eigenvalue weighted by Gasteiger charge is -2.25. The zero-order valence-corrected chi connectivity index (χ0v) is 13.6. The molecule has 2 rings (SSSR count). The third-order valence-corrected chi connectivity index (χ3v) is 4.78. The number of halogens is 1. The Bertz CT molecular complexity index is 473. The average Bonchev–Trinajstić information content (AvgIpc) is 2.35. The minimum atomic E-state index is -0.00886. The highest BCUT2D eigenvalue weighted by Crippen LogP contribution is 2.27.